The third-order valence-electron chi connectivity index (χ3n) is 2.40. The molecule has 5 nitrogen and oxygen atoms in total. The van der Waals surface area contributed by atoms with Crippen molar-refractivity contribution in [2.24, 2.45) is 0 Å². The van der Waals surface area contributed by atoms with E-state index in [1.54, 1.807) is 13.8 Å². The van der Waals surface area contributed by atoms with E-state index >= 15 is 0 Å². The minimum Gasteiger partial charge on any atom is -0.394 e. The third kappa shape index (κ3) is 2.73. The molecule has 6 heteroatoms. The van der Waals surface area contributed by atoms with Gasteiger partial charge in [-0.1, -0.05) is 11.4 Å². The van der Waals surface area contributed by atoms with Gasteiger partial charge < -0.3 is 10.4 Å². The summed E-state index contributed by atoms with van der Waals surface area (Å²) in [5.74, 6) is -0.221. The van der Waals surface area contributed by atoms with E-state index < -0.39 is 5.54 Å². The Morgan fingerprint density at radius 3 is 2.73 bits per heavy atom. The number of amides is 1. The van der Waals surface area contributed by atoms with Crippen molar-refractivity contribution in [1.29, 1.82) is 0 Å². The fourth-order valence-corrected chi connectivity index (χ4v) is 1.56. The zero-order valence-electron chi connectivity index (χ0n) is 9.07. The summed E-state index contributed by atoms with van der Waals surface area (Å²) in [7, 11) is 0. The van der Waals surface area contributed by atoms with Crippen LogP contribution in [0.3, 0.4) is 0 Å². The second-order valence-corrected chi connectivity index (χ2v) is 4.47. The van der Waals surface area contributed by atoms with Crippen LogP contribution in [0.2, 0.25) is 0 Å². The SMILES string of the molecule is CCC(C)(CO)NC(=O)c1snnc1C. The summed E-state index contributed by atoms with van der Waals surface area (Å²) in [6.07, 6.45) is 0.667. The van der Waals surface area contributed by atoms with Gasteiger partial charge in [0.1, 0.15) is 4.88 Å². The fraction of sp³-hybridized carbons (Fsp3) is 0.667. The van der Waals surface area contributed by atoms with Gasteiger partial charge in [0.15, 0.2) is 0 Å². The highest BCUT2D eigenvalue weighted by molar-refractivity contribution is 7.08. The summed E-state index contributed by atoms with van der Waals surface area (Å²) < 4.78 is 3.69. The quantitative estimate of drug-likeness (QED) is 0.798. The molecule has 0 aromatic carbocycles. The van der Waals surface area contributed by atoms with Crippen LogP contribution in [0, 0.1) is 6.92 Å². The van der Waals surface area contributed by atoms with Gasteiger partial charge in [0, 0.05) is 0 Å². The van der Waals surface area contributed by atoms with E-state index in [9.17, 15) is 4.79 Å². The number of carbonyl (C=O) groups excluding carboxylic acids is 1. The number of rotatable bonds is 4. The minimum absolute atomic E-state index is 0.0828. The predicted octanol–water partition coefficient (Wildman–Crippen LogP) is 0.737. The number of nitrogens with one attached hydrogen (secondary N) is 1. The monoisotopic (exact) mass is 229 g/mol. The number of aryl methyl sites for hydroxylation is 1. The minimum atomic E-state index is -0.576. The summed E-state index contributed by atoms with van der Waals surface area (Å²) in [5.41, 5.74) is 0.0435. The molecule has 0 saturated heterocycles. The van der Waals surface area contributed by atoms with E-state index in [0.717, 1.165) is 11.5 Å². The summed E-state index contributed by atoms with van der Waals surface area (Å²) in [6, 6.07) is 0. The van der Waals surface area contributed by atoms with Crippen molar-refractivity contribution < 1.29 is 9.90 Å². The number of aromatic nitrogens is 2. The Hall–Kier alpha value is -1.01. The second kappa shape index (κ2) is 4.67. The molecule has 0 aliphatic rings. The van der Waals surface area contributed by atoms with Crippen molar-refractivity contribution in [3.8, 4) is 0 Å². The van der Waals surface area contributed by atoms with E-state index in [0.29, 0.717) is 17.0 Å². The van der Waals surface area contributed by atoms with E-state index in [1.807, 2.05) is 6.92 Å². The standard InChI is InChI=1S/C9H15N3O2S/c1-4-9(3,5-13)10-8(14)7-6(2)11-12-15-7/h13H,4-5H2,1-3H3,(H,10,14). The van der Waals surface area contributed by atoms with Crippen molar-refractivity contribution in [3.05, 3.63) is 10.6 Å². The van der Waals surface area contributed by atoms with E-state index in [1.165, 1.54) is 0 Å². The molecule has 0 saturated carbocycles. The molecular formula is C9H15N3O2S. The molecule has 0 bridgehead atoms. The predicted molar refractivity (Wildman–Crippen MR) is 57.9 cm³/mol. The van der Waals surface area contributed by atoms with Crippen molar-refractivity contribution in [1.82, 2.24) is 14.9 Å². The molecule has 15 heavy (non-hydrogen) atoms. The highest BCUT2D eigenvalue weighted by atomic mass is 32.1. The maximum absolute atomic E-state index is 11.8. The average Bonchev–Trinajstić information content (AvgIpc) is 2.64. The van der Waals surface area contributed by atoms with Gasteiger partial charge in [-0.2, -0.15) is 0 Å². The van der Waals surface area contributed by atoms with E-state index in [2.05, 4.69) is 14.9 Å². The van der Waals surface area contributed by atoms with Gasteiger partial charge in [0.05, 0.1) is 17.8 Å². The van der Waals surface area contributed by atoms with Gasteiger partial charge >= 0.3 is 0 Å². The Morgan fingerprint density at radius 1 is 1.67 bits per heavy atom. The molecular weight excluding hydrogens is 214 g/mol. The van der Waals surface area contributed by atoms with Crippen LogP contribution in [0.15, 0.2) is 0 Å². The molecule has 1 rings (SSSR count). The molecule has 0 fully saturated rings. The Labute approximate surface area is 92.7 Å². The van der Waals surface area contributed by atoms with Crippen LogP contribution in [0.1, 0.15) is 35.6 Å². The average molecular weight is 229 g/mol. The lowest BCUT2D eigenvalue weighted by molar-refractivity contribution is 0.0851. The van der Waals surface area contributed by atoms with Crippen LogP contribution >= 0.6 is 11.5 Å². The first-order chi connectivity index (χ1) is 7.02. The normalized spacial score (nSPS) is 14.7. The van der Waals surface area contributed by atoms with Crippen molar-refractivity contribution in [2.45, 2.75) is 32.7 Å². The van der Waals surface area contributed by atoms with Crippen LogP contribution < -0.4 is 5.32 Å². The number of aliphatic hydroxyl groups is 1. The van der Waals surface area contributed by atoms with E-state index in [4.69, 9.17) is 5.11 Å². The van der Waals surface area contributed by atoms with Crippen LogP contribution in [0.4, 0.5) is 0 Å². The summed E-state index contributed by atoms with van der Waals surface area (Å²) in [6.45, 7) is 5.37. The fourth-order valence-electron chi connectivity index (χ4n) is 1.01. The summed E-state index contributed by atoms with van der Waals surface area (Å²) >= 11 is 1.06. The summed E-state index contributed by atoms with van der Waals surface area (Å²) in [5, 5.41) is 15.7. The Bertz CT molecular complexity index is 347. The van der Waals surface area contributed by atoms with Gasteiger partial charge in [-0.25, -0.2) is 0 Å². The highest BCUT2D eigenvalue weighted by Crippen LogP contribution is 2.13. The zero-order chi connectivity index (χ0) is 11.5. The lowest BCUT2D eigenvalue weighted by Gasteiger charge is -2.26. The lowest BCUT2D eigenvalue weighted by atomic mass is 10.0. The largest absolute Gasteiger partial charge is 0.394 e. The topological polar surface area (TPSA) is 75.1 Å². The first-order valence-electron chi connectivity index (χ1n) is 4.74. The maximum atomic E-state index is 11.8. The second-order valence-electron chi connectivity index (χ2n) is 3.71. The lowest BCUT2D eigenvalue weighted by Crippen LogP contribution is -2.48. The number of carbonyl (C=O) groups is 1. The van der Waals surface area contributed by atoms with Crippen molar-refractivity contribution in [3.63, 3.8) is 0 Å². The van der Waals surface area contributed by atoms with Gasteiger partial charge in [-0.05, 0) is 31.8 Å². The molecule has 0 aliphatic carbocycles. The molecule has 84 valence electrons. The molecule has 1 heterocycles. The molecule has 1 aromatic heterocycles. The van der Waals surface area contributed by atoms with Crippen molar-refractivity contribution >= 4 is 17.4 Å². The van der Waals surface area contributed by atoms with Gasteiger partial charge in [-0.3, -0.25) is 4.79 Å². The van der Waals surface area contributed by atoms with Crippen LogP contribution in [-0.4, -0.2) is 32.7 Å². The molecule has 0 aliphatic heterocycles. The number of aliphatic hydroxyl groups excluding tert-OH is 1. The van der Waals surface area contributed by atoms with Gasteiger partial charge in [0.2, 0.25) is 0 Å². The highest BCUT2D eigenvalue weighted by Gasteiger charge is 2.25. The van der Waals surface area contributed by atoms with Crippen LogP contribution in [0.25, 0.3) is 0 Å². The van der Waals surface area contributed by atoms with Crippen LogP contribution in [0.5, 0.6) is 0 Å². The Morgan fingerprint density at radius 2 is 2.33 bits per heavy atom. The maximum Gasteiger partial charge on any atom is 0.265 e. The molecule has 0 spiro atoms. The molecule has 1 atom stereocenters. The number of hydrogen-bond donors (Lipinski definition) is 2. The molecule has 1 amide bonds. The smallest absolute Gasteiger partial charge is 0.265 e. The van der Waals surface area contributed by atoms with Crippen LogP contribution in [-0.2, 0) is 0 Å². The summed E-state index contributed by atoms with van der Waals surface area (Å²) in [4.78, 5) is 12.3. The molecule has 1 aromatic rings. The van der Waals surface area contributed by atoms with Crippen molar-refractivity contribution in [2.75, 3.05) is 6.61 Å². The first kappa shape index (κ1) is 12.1. The van der Waals surface area contributed by atoms with E-state index in [-0.39, 0.29) is 12.5 Å². The molecule has 2 N–H and O–H groups in total. The first-order valence-corrected chi connectivity index (χ1v) is 5.52. The Kier molecular flexibility index (Phi) is 3.76. The number of nitrogens with zero attached hydrogens (tertiary/aromatic N) is 2. The molecule has 1 unspecified atom stereocenters. The van der Waals surface area contributed by atoms with Gasteiger partial charge in [-0.15, -0.1) is 5.10 Å². The Balaban J connectivity index is 2.76. The molecule has 0 radical (unpaired) electrons. The zero-order valence-corrected chi connectivity index (χ0v) is 9.89. The third-order valence-corrected chi connectivity index (χ3v) is 3.23. The number of hydrogen-bond acceptors (Lipinski definition) is 5. The van der Waals surface area contributed by atoms with Gasteiger partial charge in [0.25, 0.3) is 5.91 Å².